The molecule has 1 aromatic carbocycles. The summed E-state index contributed by atoms with van der Waals surface area (Å²) in [6.45, 7) is 9.91. The van der Waals surface area contributed by atoms with Crippen molar-refractivity contribution >= 4 is 0 Å². The van der Waals surface area contributed by atoms with Gasteiger partial charge in [0, 0.05) is 25.2 Å². The number of nitrogens with one attached hydrogen (secondary N) is 1. The maximum absolute atomic E-state index is 13.4. The standard InChI is InChI=1S/C17H27FN2/c1-13(2)11-20(12-17-8-5-9-19-17)14(3)15-6-4-7-16(18)10-15/h4,6-7,10,13-14,17,19H,5,8-9,11-12H2,1-3H3. The van der Waals surface area contributed by atoms with Crippen LogP contribution in [0.3, 0.4) is 0 Å². The smallest absolute Gasteiger partial charge is 0.123 e. The van der Waals surface area contributed by atoms with Gasteiger partial charge in [0.15, 0.2) is 0 Å². The molecular formula is C17H27FN2. The lowest BCUT2D eigenvalue weighted by Gasteiger charge is -2.33. The van der Waals surface area contributed by atoms with Crippen LogP contribution >= 0.6 is 0 Å². The molecule has 20 heavy (non-hydrogen) atoms. The van der Waals surface area contributed by atoms with Crippen LogP contribution in [0.2, 0.25) is 0 Å². The Morgan fingerprint density at radius 1 is 1.35 bits per heavy atom. The average molecular weight is 278 g/mol. The number of rotatable bonds is 6. The van der Waals surface area contributed by atoms with E-state index in [0.29, 0.717) is 12.0 Å². The molecule has 0 spiro atoms. The van der Waals surface area contributed by atoms with E-state index in [1.165, 1.54) is 18.9 Å². The van der Waals surface area contributed by atoms with Gasteiger partial charge in [-0.1, -0.05) is 26.0 Å². The van der Waals surface area contributed by atoms with Gasteiger partial charge in [-0.15, -0.1) is 0 Å². The van der Waals surface area contributed by atoms with Crippen molar-refractivity contribution in [2.75, 3.05) is 19.6 Å². The Labute approximate surface area is 122 Å². The third-order valence-electron chi connectivity index (χ3n) is 4.10. The van der Waals surface area contributed by atoms with Crippen LogP contribution in [0.15, 0.2) is 24.3 Å². The Morgan fingerprint density at radius 2 is 2.15 bits per heavy atom. The first-order valence-electron chi connectivity index (χ1n) is 7.79. The van der Waals surface area contributed by atoms with E-state index >= 15 is 0 Å². The first kappa shape index (κ1) is 15.5. The molecule has 1 saturated heterocycles. The summed E-state index contributed by atoms with van der Waals surface area (Å²) in [5.74, 6) is 0.477. The molecule has 1 aliphatic rings. The summed E-state index contributed by atoms with van der Waals surface area (Å²) in [6, 6.07) is 7.87. The molecule has 1 aromatic rings. The molecule has 0 bridgehead atoms. The van der Waals surface area contributed by atoms with Crippen LogP contribution in [0.1, 0.15) is 45.2 Å². The average Bonchev–Trinajstić information content (AvgIpc) is 2.89. The summed E-state index contributed by atoms with van der Waals surface area (Å²) in [5, 5.41) is 3.56. The van der Waals surface area contributed by atoms with Crippen molar-refractivity contribution in [2.45, 2.75) is 45.7 Å². The van der Waals surface area contributed by atoms with Gasteiger partial charge in [-0.2, -0.15) is 0 Å². The second kappa shape index (κ2) is 7.19. The molecule has 1 N–H and O–H groups in total. The normalized spacial score (nSPS) is 20.8. The van der Waals surface area contributed by atoms with Crippen LogP contribution in [0, 0.1) is 11.7 Å². The van der Waals surface area contributed by atoms with Crippen molar-refractivity contribution in [1.82, 2.24) is 10.2 Å². The van der Waals surface area contributed by atoms with Gasteiger partial charge < -0.3 is 5.32 Å². The van der Waals surface area contributed by atoms with Crippen molar-refractivity contribution in [3.63, 3.8) is 0 Å². The molecule has 3 heteroatoms. The second-order valence-electron chi connectivity index (χ2n) is 6.37. The topological polar surface area (TPSA) is 15.3 Å². The first-order chi connectivity index (χ1) is 9.56. The van der Waals surface area contributed by atoms with Gasteiger partial charge in [-0.3, -0.25) is 4.90 Å². The first-order valence-corrected chi connectivity index (χ1v) is 7.79. The van der Waals surface area contributed by atoms with E-state index in [-0.39, 0.29) is 11.9 Å². The highest BCUT2D eigenvalue weighted by molar-refractivity contribution is 5.19. The Bertz CT molecular complexity index is 413. The summed E-state index contributed by atoms with van der Waals surface area (Å²) in [6.07, 6.45) is 2.53. The third-order valence-corrected chi connectivity index (χ3v) is 4.10. The Morgan fingerprint density at radius 3 is 2.75 bits per heavy atom. The van der Waals surface area contributed by atoms with E-state index in [9.17, 15) is 4.39 Å². The molecule has 0 aromatic heterocycles. The van der Waals surface area contributed by atoms with E-state index in [2.05, 4.69) is 31.0 Å². The van der Waals surface area contributed by atoms with Crippen LogP contribution < -0.4 is 5.32 Å². The molecule has 0 radical (unpaired) electrons. The largest absolute Gasteiger partial charge is 0.313 e. The second-order valence-corrected chi connectivity index (χ2v) is 6.37. The molecule has 112 valence electrons. The van der Waals surface area contributed by atoms with E-state index in [4.69, 9.17) is 0 Å². The molecule has 2 atom stereocenters. The Hall–Kier alpha value is -0.930. The van der Waals surface area contributed by atoms with Crippen molar-refractivity contribution in [1.29, 1.82) is 0 Å². The van der Waals surface area contributed by atoms with E-state index in [1.807, 2.05) is 12.1 Å². The van der Waals surface area contributed by atoms with Crippen molar-refractivity contribution < 1.29 is 4.39 Å². The SMILES string of the molecule is CC(C)CN(CC1CCCN1)C(C)c1cccc(F)c1. The van der Waals surface area contributed by atoms with Gasteiger partial charge in [-0.05, 0) is 49.9 Å². The summed E-state index contributed by atoms with van der Waals surface area (Å²) in [5.41, 5.74) is 1.07. The molecular weight excluding hydrogens is 251 g/mol. The lowest BCUT2D eigenvalue weighted by molar-refractivity contribution is 0.171. The fourth-order valence-electron chi connectivity index (χ4n) is 3.03. The van der Waals surface area contributed by atoms with Crippen molar-refractivity contribution in [2.24, 2.45) is 5.92 Å². The lowest BCUT2D eigenvalue weighted by Crippen LogP contribution is -2.40. The molecule has 0 aliphatic carbocycles. The van der Waals surface area contributed by atoms with Crippen molar-refractivity contribution in [3.8, 4) is 0 Å². The molecule has 2 nitrogen and oxygen atoms in total. The van der Waals surface area contributed by atoms with Crippen LogP contribution in [0.4, 0.5) is 4.39 Å². The van der Waals surface area contributed by atoms with E-state index in [0.717, 1.165) is 25.2 Å². The molecule has 2 rings (SSSR count). The van der Waals surface area contributed by atoms with Crippen LogP contribution in [-0.4, -0.2) is 30.6 Å². The van der Waals surface area contributed by atoms with Crippen LogP contribution in [0.25, 0.3) is 0 Å². The minimum Gasteiger partial charge on any atom is -0.313 e. The molecule has 0 amide bonds. The highest BCUT2D eigenvalue weighted by Crippen LogP contribution is 2.23. The van der Waals surface area contributed by atoms with Gasteiger partial charge in [0.05, 0.1) is 0 Å². The van der Waals surface area contributed by atoms with Crippen molar-refractivity contribution in [3.05, 3.63) is 35.6 Å². The fourth-order valence-corrected chi connectivity index (χ4v) is 3.03. The highest BCUT2D eigenvalue weighted by atomic mass is 19.1. The minimum absolute atomic E-state index is 0.141. The van der Waals surface area contributed by atoms with Gasteiger partial charge in [0.25, 0.3) is 0 Å². The van der Waals surface area contributed by atoms with E-state index < -0.39 is 0 Å². The third kappa shape index (κ3) is 4.29. The highest BCUT2D eigenvalue weighted by Gasteiger charge is 2.23. The number of benzene rings is 1. The van der Waals surface area contributed by atoms with Gasteiger partial charge >= 0.3 is 0 Å². The number of hydrogen-bond acceptors (Lipinski definition) is 2. The zero-order valence-electron chi connectivity index (χ0n) is 12.9. The van der Waals surface area contributed by atoms with Gasteiger partial charge in [0.2, 0.25) is 0 Å². The van der Waals surface area contributed by atoms with Crippen LogP contribution in [-0.2, 0) is 0 Å². The molecule has 0 saturated carbocycles. The predicted molar refractivity (Wildman–Crippen MR) is 82.3 cm³/mol. The molecule has 1 aliphatic heterocycles. The monoisotopic (exact) mass is 278 g/mol. The minimum atomic E-state index is -0.141. The quantitative estimate of drug-likeness (QED) is 0.855. The lowest BCUT2D eigenvalue weighted by atomic mass is 10.0. The number of nitrogens with zero attached hydrogens (tertiary/aromatic N) is 1. The maximum atomic E-state index is 13.4. The zero-order chi connectivity index (χ0) is 14.5. The summed E-state index contributed by atoms with van der Waals surface area (Å²) in [4.78, 5) is 2.49. The summed E-state index contributed by atoms with van der Waals surface area (Å²) < 4.78 is 13.4. The molecule has 1 fully saturated rings. The molecule has 1 heterocycles. The van der Waals surface area contributed by atoms with Gasteiger partial charge in [-0.25, -0.2) is 4.39 Å². The predicted octanol–water partition coefficient (Wildman–Crippen LogP) is 3.60. The zero-order valence-corrected chi connectivity index (χ0v) is 12.9. The Kier molecular flexibility index (Phi) is 5.55. The number of halogens is 1. The molecule has 2 unspecified atom stereocenters. The summed E-state index contributed by atoms with van der Waals surface area (Å²) in [7, 11) is 0. The van der Waals surface area contributed by atoms with E-state index in [1.54, 1.807) is 6.07 Å². The van der Waals surface area contributed by atoms with Gasteiger partial charge in [0.1, 0.15) is 5.82 Å². The number of hydrogen-bond donors (Lipinski definition) is 1. The van der Waals surface area contributed by atoms with Crippen LogP contribution in [0.5, 0.6) is 0 Å². The fraction of sp³-hybridized carbons (Fsp3) is 0.647. The summed E-state index contributed by atoms with van der Waals surface area (Å²) >= 11 is 0. The maximum Gasteiger partial charge on any atom is 0.123 e. The Balaban J connectivity index is 2.07.